The maximum absolute atomic E-state index is 11.0. The van der Waals surface area contributed by atoms with Crippen LogP contribution in [0.3, 0.4) is 0 Å². The molecule has 2 amide bonds. The molecule has 72 valence electrons. The van der Waals surface area contributed by atoms with Gasteiger partial charge >= 0.3 is 0 Å². The minimum atomic E-state index is -0.255. The first-order valence-electron chi connectivity index (χ1n) is 4.29. The van der Waals surface area contributed by atoms with Crippen LogP contribution in [0.1, 0.15) is 13.3 Å². The van der Waals surface area contributed by atoms with E-state index in [9.17, 15) is 9.59 Å². The highest BCUT2D eigenvalue weighted by Gasteiger charge is 2.22. The minimum absolute atomic E-state index is 0.0870. The quantitative estimate of drug-likeness (QED) is 0.621. The average molecular weight is 183 g/mol. The first-order chi connectivity index (χ1) is 6.15. The first-order valence-corrected chi connectivity index (χ1v) is 4.29. The SMILES string of the molecule is CC(CO)CCN1C(=O)C=CC1=O. The molecule has 1 heterocycles. The first kappa shape index (κ1) is 9.92. The summed E-state index contributed by atoms with van der Waals surface area (Å²) in [6, 6.07) is 0. The van der Waals surface area contributed by atoms with E-state index in [1.165, 1.54) is 17.1 Å². The lowest BCUT2D eigenvalue weighted by Gasteiger charge is -2.15. The monoisotopic (exact) mass is 183 g/mol. The van der Waals surface area contributed by atoms with E-state index >= 15 is 0 Å². The van der Waals surface area contributed by atoms with E-state index < -0.39 is 0 Å². The van der Waals surface area contributed by atoms with Crippen molar-refractivity contribution in [1.29, 1.82) is 0 Å². The minimum Gasteiger partial charge on any atom is -0.396 e. The molecular formula is C9H13NO3. The van der Waals surface area contributed by atoms with Gasteiger partial charge in [-0.15, -0.1) is 0 Å². The summed E-state index contributed by atoms with van der Waals surface area (Å²) in [6.07, 6.45) is 3.19. The van der Waals surface area contributed by atoms with Gasteiger partial charge in [0.2, 0.25) is 0 Å². The molecule has 0 aromatic rings. The molecule has 4 heteroatoms. The Balaban J connectivity index is 2.38. The summed E-state index contributed by atoms with van der Waals surface area (Å²) in [6.45, 7) is 2.36. The van der Waals surface area contributed by atoms with Gasteiger partial charge in [0.15, 0.2) is 0 Å². The molecule has 0 fully saturated rings. The van der Waals surface area contributed by atoms with Crippen LogP contribution < -0.4 is 0 Å². The number of amides is 2. The number of aliphatic hydroxyl groups is 1. The number of hydrogen-bond acceptors (Lipinski definition) is 3. The zero-order valence-electron chi connectivity index (χ0n) is 7.56. The van der Waals surface area contributed by atoms with Crippen LogP contribution in [0.5, 0.6) is 0 Å². The Hall–Kier alpha value is -1.16. The van der Waals surface area contributed by atoms with Gasteiger partial charge < -0.3 is 5.11 Å². The van der Waals surface area contributed by atoms with E-state index in [0.717, 1.165) is 0 Å². The summed E-state index contributed by atoms with van der Waals surface area (Å²) in [4.78, 5) is 23.3. The van der Waals surface area contributed by atoms with E-state index in [1.54, 1.807) is 0 Å². The van der Waals surface area contributed by atoms with Gasteiger partial charge in [-0.3, -0.25) is 14.5 Å². The smallest absolute Gasteiger partial charge is 0.253 e. The molecule has 1 aliphatic rings. The van der Waals surface area contributed by atoms with Gasteiger partial charge in [0.1, 0.15) is 0 Å². The average Bonchev–Trinajstić information content (AvgIpc) is 2.43. The van der Waals surface area contributed by atoms with Gasteiger partial charge in [0.25, 0.3) is 11.8 Å². The molecule has 1 unspecified atom stereocenters. The normalized spacial score (nSPS) is 18.5. The van der Waals surface area contributed by atoms with Gasteiger partial charge in [-0.25, -0.2) is 0 Å². The fraction of sp³-hybridized carbons (Fsp3) is 0.556. The number of rotatable bonds is 4. The summed E-state index contributed by atoms with van der Waals surface area (Å²) < 4.78 is 0. The van der Waals surface area contributed by atoms with E-state index in [0.29, 0.717) is 13.0 Å². The van der Waals surface area contributed by atoms with Gasteiger partial charge in [-0.2, -0.15) is 0 Å². The second-order valence-corrected chi connectivity index (χ2v) is 3.24. The number of carbonyl (C=O) groups excluding carboxylic acids is 2. The van der Waals surface area contributed by atoms with Crippen molar-refractivity contribution in [2.45, 2.75) is 13.3 Å². The summed E-state index contributed by atoms with van der Waals surface area (Å²) in [5.74, 6) is -0.383. The van der Waals surface area contributed by atoms with Crippen molar-refractivity contribution in [2.75, 3.05) is 13.2 Å². The molecule has 0 aromatic carbocycles. The molecule has 4 nitrogen and oxygen atoms in total. The second-order valence-electron chi connectivity index (χ2n) is 3.24. The van der Waals surface area contributed by atoms with Crippen molar-refractivity contribution in [2.24, 2.45) is 5.92 Å². The molecule has 0 spiro atoms. The predicted octanol–water partition coefficient (Wildman–Crippen LogP) is -0.0701. The number of hydrogen-bond donors (Lipinski definition) is 1. The van der Waals surface area contributed by atoms with Crippen LogP contribution in [-0.2, 0) is 9.59 Å². The van der Waals surface area contributed by atoms with E-state index in [4.69, 9.17) is 5.11 Å². The Morgan fingerprint density at radius 2 is 1.92 bits per heavy atom. The molecule has 1 atom stereocenters. The summed E-state index contributed by atoms with van der Waals surface area (Å²) >= 11 is 0. The third-order valence-corrected chi connectivity index (χ3v) is 2.06. The second kappa shape index (κ2) is 4.18. The summed E-state index contributed by atoms with van der Waals surface area (Å²) in [5.41, 5.74) is 0. The molecule has 0 aliphatic carbocycles. The Morgan fingerprint density at radius 3 is 2.38 bits per heavy atom. The fourth-order valence-corrected chi connectivity index (χ4v) is 1.09. The lowest BCUT2D eigenvalue weighted by Crippen LogP contribution is -2.32. The van der Waals surface area contributed by atoms with Crippen molar-refractivity contribution in [1.82, 2.24) is 4.90 Å². The number of carbonyl (C=O) groups is 2. The molecule has 0 aromatic heterocycles. The largest absolute Gasteiger partial charge is 0.396 e. The molecule has 1 N–H and O–H groups in total. The standard InChI is InChI=1S/C9H13NO3/c1-7(6-11)4-5-10-8(12)2-3-9(10)13/h2-3,7,11H,4-6H2,1H3. The lowest BCUT2D eigenvalue weighted by atomic mass is 10.1. The molecule has 0 radical (unpaired) electrons. The maximum atomic E-state index is 11.0. The highest BCUT2D eigenvalue weighted by atomic mass is 16.3. The van der Waals surface area contributed by atoms with Crippen LogP contribution in [0.15, 0.2) is 12.2 Å². The van der Waals surface area contributed by atoms with Gasteiger partial charge in [-0.05, 0) is 12.3 Å². The van der Waals surface area contributed by atoms with E-state index in [1.807, 2.05) is 6.92 Å². The van der Waals surface area contributed by atoms with Crippen LogP contribution in [0, 0.1) is 5.92 Å². The summed E-state index contributed by atoms with van der Waals surface area (Å²) in [5, 5.41) is 8.74. The van der Waals surface area contributed by atoms with Crippen molar-refractivity contribution in [3.8, 4) is 0 Å². The lowest BCUT2D eigenvalue weighted by molar-refractivity contribution is -0.137. The molecular weight excluding hydrogens is 170 g/mol. The zero-order chi connectivity index (χ0) is 9.84. The van der Waals surface area contributed by atoms with Crippen LogP contribution in [0.25, 0.3) is 0 Å². The Bertz CT molecular complexity index is 229. The number of imide groups is 1. The Morgan fingerprint density at radius 1 is 1.38 bits per heavy atom. The van der Waals surface area contributed by atoms with Gasteiger partial charge in [0, 0.05) is 25.3 Å². The molecule has 1 rings (SSSR count). The van der Waals surface area contributed by atoms with Crippen molar-refractivity contribution >= 4 is 11.8 Å². The topological polar surface area (TPSA) is 57.6 Å². The molecule has 13 heavy (non-hydrogen) atoms. The predicted molar refractivity (Wildman–Crippen MR) is 46.7 cm³/mol. The van der Waals surface area contributed by atoms with Crippen molar-refractivity contribution in [3.05, 3.63) is 12.2 Å². The highest BCUT2D eigenvalue weighted by molar-refractivity contribution is 6.12. The van der Waals surface area contributed by atoms with Gasteiger partial charge in [0.05, 0.1) is 0 Å². The summed E-state index contributed by atoms with van der Waals surface area (Å²) in [7, 11) is 0. The Kier molecular flexibility index (Phi) is 3.19. The van der Waals surface area contributed by atoms with Crippen molar-refractivity contribution < 1.29 is 14.7 Å². The van der Waals surface area contributed by atoms with E-state index in [2.05, 4.69) is 0 Å². The van der Waals surface area contributed by atoms with E-state index in [-0.39, 0.29) is 24.3 Å². The van der Waals surface area contributed by atoms with Crippen LogP contribution in [0.2, 0.25) is 0 Å². The highest BCUT2D eigenvalue weighted by Crippen LogP contribution is 2.08. The molecule has 0 saturated heterocycles. The molecule has 0 saturated carbocycles. The third-order valence-electron chi connectivity index (χ3n) is 2.06. The fourth-order valence-electron chi connectivity index (χ4n) is 1.09. The van der Waals surface area contributed by atoms with Crippen LogP contribution in [0.4, 0.5) is 0 Å². The van der Waals surface area contributed by atoms with Gasteiger partial charge in [-0.1, -0.05) is 6.92 Å². The van der Waals surface area contributed by atoms with Crippen molar-refractivity contribution in [3.63, 3.8) is 0 Å². The maximum Gasteiger partial charge on any atom is 0.253 e. The van der Waals surface area contributed by atoms with Crippen LogP contribution >= 0.6 is 0 Å². The molecule has 0 bridgehead atoms. The number of aliphatic hydroxyl groups excluding tert-OH is 1. The third kappa shape index (κ3) is 2.39. The Labute approximate surface area is 76.8 Å². The van der Waals surface area contributed by atoms with Crippen LogP contribution in [-0.4, -0.2) is 35.0 Å². The number of nitrogens with zero attached hydrogens (tertiary/aromatic N) is 1. The zero-order valence-corrected chi connectivity index (χ0v) is 7.56. The molecule has 1 aliphatic heterocycles.